The third kappa shape index (κ3) is 5.64. The number of rotatable bonds is 9. The summed E-state index contributed by atoms with van der Waals surface area (Å²) < 4.78 is 2.08. The molecule has 0 spiro atoms. The molecule has 1 atom stereocenters. The Hall–Kier alpha value is -1.85. The number of carbonyl (C=O) groups is 1. The first-order chi connectivity index (χ1) is 14.4. The molecule has 1 unspecified atom stereocenters. The highest BCUT2D eigenvalue weighted by Crippen LogP contribution is 2.29. The molecular formula is C24H35ClN4O. The quantitative estimate of drug-likeness (QED) is 0.627. The molecule has 2 heterocycles. The summed E-state index contributed by atoms with van der Waals surface area (Å²) in [6.45, 7) is 12.1. The Morgan fingerprint density at radius 3 is 2.57 bits per heavy atom. The van der Waals surface area contributed by atoms with Gasteiger partial charge in [0, 0.05) is 30.2 Å². The highest BCUT2D eigenvalue weighted by atomic mass is 35.5. The van der Waals surface area contributed by atoms with E-state index in [1.165, 1.54) is 24.1 Å². The van der Waals surface area contributed by atoms with Gasteiger partial charge in [-0.1, -0.05) is 43.6 Å². The molecule has 0 saturated carbocycles. The molecule has 1 N–H and O–H groups in total. The summed E-state index contributed by atoms with van der Waals surface area (Å²) in [5.74, 6) is 0.633. The second-order valence-corrected chi connectivity index (χ2v) is 9.22. The van der Waals surface area contributed by atoms with Crippen molar-refractivity contribution in [3.63, 3.8) is 0 Å². The standard InChI is InChI=1S/C24H35ClN4O/c1-17(2)16-29-19(4)20(18(3)27-29)11-12-24(30)26-15-23(28-13-7-8-14-28)21-9-5-6-10-22(21)25/h5-6,9-10,17,23H,7-8,11-16H2,1-4H3,(H,26,30). The first kappa shape index (κ1) is 22.8. The van der Waals surface area contributed by atoms with Crippen molar-refractivity contribution in [3.05, 3.63) is 51.8 Å². The maximum Gasteiger partial charge on any atom is 0.220 e. The van der Waals surface area contributed by atoms with Crippen LogP contribution in [0.25, 0.3) is 0 Å². The lowest BCUT2D eigenvalue weighted by Crippen LogP contribution is -2.37. The van der Waals surface area contributed by atoms with E-state index in [1.54, 1.807) is 0 Å². The Balaban J connectivity index is 1.60. The van der Waals surface area contributed by atoms with Crippen molar-refractivity contribution in [1.29, 1.82) is 0 Å². The number of halogens is 1. The second kappa shape index (κ2) is 10.5. The summed E-state index contributed by atoms with van der Waals surface area (Å²) in [7, 11) is 0. The molecule has 3 rings (SSSR count). The minimum atomic E-state index is 0.0849. The van der Waals surface area contributed by atoms with Gasteiger partial charge in [0.15, 0.2) is 0 Å². The van der Waals surface area contributed by atoms with Gasteiger partial charge in [0.1, 0.15) is 0 Å². The summed E-state index contributed by atoms with van der Waals surface area (Å²) in [6, 6.07) is 8.11. The van der Waals surface area contributed by atoms with Crippen LogP contribution in [0.15, 0.2) is 24.3 Å². The third-order valence-corrected chi connectivity index (χ3v) is 6.35. The number of carbonyl (C=O) groups excluding carboxylic acids is 1. The maximum atomic E-state index is 12.7. The number of hydrogen-bond donors (Lipinski definition) is 1. The summed E-state index contributed by atoms with van der Waals surface area (Å²) in [6.07, 6.45) is 3.61. The third-order valence-electron chi connectivity index (χ3n) is 6.01. The predicted octanol–water partition coefficient (Wildman–Crippen LogP) is 4.70. The zero-order chi connectivity index (χ0) is 21.7. The van der Waals surface area contributed by atoms with Crippen LogP contribution in [0.2, 0.25) is 5.02 Å². The van der Waals surface area contributed by atoms with Gasteiger partial charge in [-0.25, -0.2) is 0 Å². The SMILES string of the molecule is Cc1nn(CC(C)C)c(C)c1CCC(=O)NCC(c1ccccc1Cl)N1CCCC1. The van der Waals surface area contributed by atoms with Gasteiger partial charge in [-0.15, -0.1) is 0 Å². The minimum Gasteiger partial charge on any atom is -0.354 e. The van der Waals surface area contributed by atoms with Crippen LogP contribution >= 0.6 is 11.6 Å². The Kier molecular flexibility index (Phi) is 7.95. The molecule has 1 aliphatic heterocycles. The van der Waals surface area contributed by atoms with Crippen molar-refractivity contribution < 1.29 is 4.79 Å². The van der Waals surface area contributed by atoms with Crippen LogP contribution in [-0.2, 0) is 17.8 Å². The highest BCUT2D eigenvalue weighted by Gasteiger charge is 2.25. The van der Waals surface area contributed by atoms with E-state index in [-0.39, 0.29) is 11.9 Å². The van der Waals surface area contributed by atoms with Crippen LogP contribution < -0.4 is 5.32 Å². The van der Waals surface area contributed by atoms with Gasteiger partial charge in [-0.2, -0.15) is 5.10 Å². The molecule has 1 aromatic carbocycles. The van der Waals surface area contributed by atoms with Gasteiger partial charge >= 0.3 is 0 Å². The Morgan fingerprint density at radius 2 is 1.90 bits per heavy atom. The van der Waals surface area contributed by atoms with Crippen LogP contribution in [0.4, 0.5) is 0 Å². The van der Waals surface area contributed by atoms with E-state index in [9.17, 15) is 4.79 Å². The summed E-state index contributed by atoms with van der Waals surface area (Å²) in [4.78, 5) is 15.1. The number of aryl methyl sites for hydroxylation is 1. The van der Waals surface area contributed by atoms with Crippen molar-refractivity contribution in [2.45, 2.75) is 66.0 Å². The van der Waals surface area contributed by atoms with Crippen molar-refractivity contribution in [2.75, 3.05) is 19.6 Å². The first-order valence-corrected chi connectivity index (χ1v) is 11.5. The molecule has 30 heavy (non-hydrogen) atoms. The van der Waals surface area contributed by atoms with Gasteiger partial charge in [-0.3, -0.25) is 14.4 Å². The van der Waals surface area contributed by atoms with Gasteiger partial charge in [-0.05, 0) is 69.3 Å². The van der Waals surface area contributed by atoms with Gasteiger partial charge in [0.2, 0.25) is 5.91 Å². The Labute approximate surface area is 185 Å². The fourth-order valence-electron chi connectivity index (χ4n) is 4.39. The zero-order valence-electron chi connectivity index (χ0n) is 18.7. The summed E-state index contributed by atoms with van der Waals surface area (Å²) in [5, 5.41) is 8.61. The fraction of sp³-hybridized carbons (Fsp3) is 0.583. The van der Waals surface area contributed by atoms with Crippen molar-refractivity contribution in [3.8, 4) is 0 Å². The fourth-order valence-corrected chi connectivity index (χ4v) is 4.65. The molecular weight excluding hydrogens is 396 g/mol. The van der Waals surface area contributed by atoms with E-state index < -0.39 is 0 Å². The lowest BCUT2D eigenvalue weighted by Gasteiger charge is -2.29. The molecule has 6 heteroatoms. The lowest BCUT2D eigenvalue weighted by molar-refractivity contribution is -0.121. The van der Waals surface area contributed by atoms with E-state index in [0.29, 0.717) is 18.9 Å². The van der Waals surface area contributed by atoms with Crippen LogP contribution in [0.5, 0.6) is 0 Å². The monoisotopic (exact) mass is 430 g/mol. The molecule has 0 bridgehead atoms. The molecule has 2 aromatic rings. The molecule has 1 aromatic heterocycles. The molecule has 1 fully saturated rings. The number of nitrogens with one attached hydrogen (secondary N) is 1. The maximum absolute atomic E-state index is 12.7. The van der Waals surface area contributed by atoms with E-state index >= 15 is 0 Å². The average Bonchev–Trinajstić information content (AvgIpc) is 3.31. The Bertz CT molecular complexity index is 855. The molecule has 164 valence electrons. The number of benzene rings is 1. The largest absolute Gasteiger partial charge is 0.354 e. The molecule has 1 aliphatic rings. The van der Waals surface area contributed by atoms with Gasteiger partial charge in [0.25, 0.3) is 0 Å². The smallest absolute Gasteiger partial charge is 0.220 e. The van der Waals surface area contributed by atoms with Crippen molar-refractivity contribution in [1.82, 2.24) is 20.0 Å². The predicted molar refractivity (Wildman–Crippen MR) is 123 cm³/mol. The highest BCUT2D eigenvalue weighted by molar-refractivity contribution is 6.31. The van der Waals surface area contributed by atoms with Gasteiger partial charge in [0.05, 0.1) is 11.7 Å². The average molecular weight is 431 g/mol. The minimum absolute atomic E-state index is 0.0849. The van der Waals surface area contributed by atoms with E-state index in [1.807, 2.05) is 25.1 Å². The van der Waals surface area contributed by atoms with Crippen LogP contribution in [0, 0.1) is 19.8 Å². The van der Waals surface area contributed by atoms with Crippen LogP contribution in [0.1, 0.15) is 61.7 Å². The van der Waals surface area contributed by atoms with Gasteiger partial charge < -0.3 is 5.32 Å². The molecule has 0 aliphatic carbocycles. The molecule has 1 amide bonds. The number of hydrogen-bond acceptors (Lipinski definition) is 3. The van der Waals surface area contributed by atoms with Crippen molar-refractivity contribution in [2.24, 2.45) is 5.92 Å². The lowest BCUT2D eigenvalue weighted by atomic mass is 10.0. The number of amides is 1. The number of likely N-dealkylation sites (tertiary alicyclic amines) is 1. The summed E-state index contributed by atoms with van der Waals surface area (Å²) >= 11 is 6.48. The normalized spacial score (nSPS) is 15.7. The second-order valence-electron chi connectivity index (χ2n) is 8.81. The van der Waals surface area contributed by atoms with Crippen LogP contribution in [-0.4, -0.2) is 40.2 Å². The van der Waals surface area contributed by atoms with E-state index in [4.69, 9.17) is 11.6 Å². The number of aromatic nitrogens is 2. The van der Waals surface area contributed by atoms with E-state index in [0.717, 1.165) is 42.3 Å². The molecule has 0 radical (unpaired) electrons. The van der Waals surface area contributed by atoms with Crippen molar-refractivity contribution >= 4 is 17.5 Å². The number of nitrogens with zero attached hydrogens (tertiary/aromatic N) is 3. The molecule has 1 saturated heterocycles. The molecule has 5 nitrogen and oxygen atoms in total. The summed E-state index contributed by atoms with van der Waals surface area (Å²) in [5.41, 5.74) is 4.52. The first-order valence-electron chi connectivity index (χ1n) is 11.1. The van der Waals surface area contributed by atoms with E-state index in [2.05, 4.69) is 46.8 Å². The zero-order valence-corrected chi connectivity index (χ0v) is 19.5. The topological polar surface area (TPSA) is 50.2 Å². The Morgan fingerprint density at radius 1 is 1.20 bits per heavy atom. The van der Waals surface area contributed by atoms with Crippen LogP contribution in [0.3, 0.4) is 0 Å².